The normalized spacial score (nSPS) is 22.4. The minimum atomic E-state index is -4.08. The topological polar surface area (TPSA) is 70.1 Å². The van der Waals surface area contributed by atoms with Gasteiger partial charge in [-0.15, -0.1) is 0 Å². The average molecular weight is 483 g/mol. The van der Waals surface area contributed by atoms with Gasteiger partial charge >= 0.3 is 0 Å². The number of ether oxygens (including phenoxy) is 1. The van der Waals surface area contributed by atoms with Crippen LogP contribution in [0.4, 0.5) is 10.1 Å². The van der Waals surface area contributed by atoms with Crippen LogP contribution in [0.25, 0.3) is 11.1 Å². The predicted octanol–water partition coefficient (Wildman–Crippen LogP) is 4.06. The molecule has 1 N–H and O–H groups in total. The maximum Gasteiger partial charge on any atom is 0.246 e. The standard InChI is InChI=1S/C26H27FN2O4S/c1-28-23-12-9-18(17-7-10-19(33-2)11-8-17)15-21(23)26-20(24(28)16-30)13-14-29(26)34(31,32)25-6-4-3-5-22(25)27/h3-12,15,20,24,26,30H,13-14,16H2,1-2H3/t20-,24+,26-/m0/s1. The van der Waals surface area contributed by atoms with Gasteiger partial charge in [-0.2, -0.15) is 4.31 Å². The van der Waals surface area contributed by atoms with E-state index >= 15 is 0 Å². The van der Waals surface area contributed by atoms with Crippen LogP contribution in [-0.4, -0.2) is 51.2 Å². The highest BCUT2D eigenvalue weighted by Crippen LogP contribution is 2.51. The quantitative estimate of drug-likeness (QED) is 0.594. The van der Waals surface area contributed by atoms with E-state index in [0.29, 0.717) is 6.42 Å². The molecule has 0 amide bonds. The van der Waals surface area contributed by atoms with Crippen molar-refractivity contribution in [1.82, 2.24) is 4.31 Å². The highest BCUT2D eigenvalue weighted by Gasteiger charge is 2.50. The zero-order valence-electron chi connectivity index (χ0n) is 19.1. The van der Waals surface area contributed by atoms with E-state index in [9.17, 15) is 17.9 Å². The fourth-order valence-electron chi connectivity index (χ4n) is 5.42. The van der Waals surface area contributed by atoms with Crippen LogP contribution in [0.5, 0.6) is 5.75 Å². The third-order valence-corrected chi connectivity index (χ3v) is 9.06. The molecule has 0 radical (unpaired) electrons. The summed E-state index contributed by atoms with van der Waals surface area (Å²) in [4.78, 5) is 1.72. The van der Waals surface area contributed by atoms with Crippen LogP contribution >= 0.6 is 0 Å². The Hall–Kier alpha value is -2.94. The molecule has 0 bridgehead atoms. The number of rotatable bonds is 5. The van der Waals surface area contributed by atoms with Crippen molar-refractivity contribution in [2.24, 2.45) is 5.92 Å². The molecule has 34 heavy (non-hydrogen) atoms. The van der Waals surface area contributed by atoms with Gasteiger partial charge in [-0.3, -0.25) is 0 Å². The van der Waals surface area contributed by atoms with E-state index in [0.717, 1.165) is 28.1 Å². The maximum absolute atomic E-state index is 14.5. The first-order chi connectivity index (χ1) is 16.4. The number of benzene rings is 3. The van der Waals surface area contributed by atoms with Crippen molar-refractivity contribution in [3.63, 3.8) is 0 Å². The number of anilines is 1. The third kappa shape index (κ3) is 3.57. The SMILES string of the molecule is COc1ccc(-c2ccc3c(c2)[C@@H]2[C@@H](CCN2S(=O)(=O)c2ccccc2F)[C@@H](CO)N3C)cc1. The van der Waals surface area contributed by atoms with Crippen LogP contribution < -0.4 is 9.64 Å². The number of likely N-dealkylation sites (N-methyl/N-ethyl adjacent to an activating group) is 1. The Bertz CT molecular complexity index is 1310. The van der Waals surface area contributed by atoms with Crippen LogP contribution in [-0.2, 0) is 10.0 Å². The fourth-order valence-corrected chi connectivity index (χ4v) is 7.16. The molecule has 0 spiro atoms. The molecule has 6 nitrogen and oxygen atoms in total. The molecule has 3 aromatic rings. The van der Waals surface area contributed by atoms with Gasteiger partial charge in [-0.05, 0) is 59.5 Å². The molecule has 0 aromatic heterocycles. The first-order valence-electron chi connectivity index (χ1n) is 11.2. The summed E-state index contributed by atoms with van der Waals surface area (Å²) in [6.07, 6.45) is 0.583. The van der Waals surface area contributed by atoms with Crippen LogP contribution in [0.2, 0.25) is 0 Å². The Morgan fingerprint density at radius 2 is 1.76 bits per heavy atom. The number of nitrogens with zero attached hydrogens (tertiary/aromatic N) is 2. The van der Waals surface area contributed by atoms with Gasteiger partial charge in [0.25, 0.3) is 0 Å². The zero-order chi connectivity index (χ0) is 24.0. The van der Waals surface area contributed by atoms with Gasteiger partial charge in [0.2, 0.25) is 10.0 Å². The molecule has 2 aliphatic heterocycles. The van der Waals surface area contributed by atoms with E-state index in [2.05, 4.69) is 0 Å². The lowest BCUT2D eigenvalue weighted by Gasteiger charge is -2.44. The lowest BCUT2D eigenvalue weighted by atomic mass is 9.81. The third-order valence-electron chi connectivity index (χ3n) is 7.15. The van der Waals surface area contributed by atoms with Gasteiger partial charge in [0.15, 0.2) is 0 Å². The van der Waals surface area contributed by atoms with Gasteiger partial charge in [0, 0.05) is 25.2 Å². The summed E-state index contributed by atoms with van der Waals surface area (Å²) in [7, 11) is -0.532. The molecule has 0 saturated carbocycles. The molecule has 3 aromatic carbocycles. The largest absolute Gasteiger partial charge is 0.497 e. The summed E-state index contributed by atoms with van der Waals surface area (Å²) in [5.74, 6) is -0.120. The number of fused-ring (bicyclic) bond motifs is 3. The molecular formula is C26H27FN2O4S. The van der Waals surface area contributed by atoms with Crippen LogP contribution in [0, 0.1) is 11.7 Å². The van der Waals surface area contributed by atoms with Crippen molar-refractivity contribution in [1.29, 1.82) is 0 Å². The molecule has 5 rings (SSSR count). The van der Waals surface area contributed by atoms with Crippen molar-refractivity contribution in [3.05, 3.63) is 78.1 Å². The van der Waals surface area contributed by atoms with E-state index in [1.807, 2.05) is 54.4 Å². The summed E-state index contributed by atoms with van der Waals surface area (Å²) in [6.45, 7) is 0.174. The minimum absolute atomic E-state index is 0.0923. The smallest absolute Gasteiger partial charge is 0.246 e. The predicted molar refractivity (Wildman–Crippen MR) is 129 cm³/mol. The molecular weight excluding hydrogens is 455 g/mol. The van der Waals surface area contributed by atoms with E-state index in [-0.39, 0.29) is 30.0 Å². The number of hydrogen-bond acceptors (Lipinski definition) is 5. The lowest BCUT2D eigenvalue weighted by molar-refractivity contribution is 0.193. The lowest BCUT2D eigenvalue weighted by Crippen LogP contribution is -2.48. The molecule has 8 heteroatoms. The molecule has 2 heterocycles. The van der Waals surface area contributed by atoms with Crippen molar-refractivity contribution in [2.75, 3.05) is 32.2 Å². The first kappa shape index (κ1) is 22.8. The van der Waals surface area contributed by atoms with Crippen molar-refractivity contribution >= 4 is 15.7 Å². The van der Waals surface area contributed by atoms with Gasteiger partial charge in [-0.1, -0.05) is 30.3 Å². The zero-order valence-corrected chi connectivity index (χ0v) is 19.9. The van der Waals surface area contributed by atoms with Gasteiger partial charge in [-0.25, -0.2) is 12.8 Å². The Morgan fingerprint density at radius 1 is 1.06 bits per heavy atom. The number of aliphatic hydroxyl groups excluding tert-OH is 1. The van der Waals surface area contributed by atoms with E-state index < -0.39 is 21.9 Å². The number of hydrogen-bond donors (Lipinski definition) is 1. The second-order valence-electron chi connectivity index (χ2n) is 8.81. The minimum Gasteiger partial charge on any atom is -0.497 e. The Kier molecular flexibility index (Phi) is 5.83. The molecule has 3 atom stereocenters. The maximum atomic E-state index is 14.5. The van der Waals surface area contributed by atoms with Gasteiger partial charge < -0.3 is 14.7 Å². The highest BCUT2D eigenvalue weighted by molar-refractivity contribution is 7.89. The van der Waals surface area contributed by atoms with E-state index in [1.54, 1.807) is 7.11 Å². The van der Waals surface area contributed by atoms with E-state index in [4.69, 9.17) is 4.74 Å². The summed E-state index contributed by atoms with van der Waals surface area (Å²) < 4.78 is 48.5. The highest BCUT2D eigenvalue weighted by atomic mass is 32.2. The number of methoxy groups -OCH3 is 1. The number of halogens is 1. The van der Waals surface area contributed by atoms with Crippen molar-refractivity contribution in [2.45, 2.75) is 23.4 Å². The summed E-state index contributed by atoms with van der Waals surface area (Å²) in [5, 5.41) is 10.2. The monoisotopic (exact) mass is 482 g/mol. The first-order valence-corrected chi connectivity index (χ1v) is 12.7. The average Bonchev–Trinajstić information content (AvgIpc) is 3.30. The van der Waals surface area contributed by atoms with Gasteiger partial charge in [0.1, 0.15) is 16.5 Å². The molecule has 178 valence electrons. The van der Waals surface area contributed by atoms with E-state index in [1.165, 1.54) is 28.6 Å². The Morgan fingerprint density at radius 3 is 2.44 bits per heavy atom. The fraction of sp³-hybridized carbons (Fsp3) is 0.308. The van der Waals surface area contributed by atoms with Crippen molar-refractivity contribution in [3.8, 4) is 16.9 Å². The van der Waals surface area contributed by atoms with Crippen LogP contribution in [0.1, 0.15) is 18.0 Å². The molecule has 1 saturated heterocycles. The number of sulfonamides is 1. The van der Waals surface area contributed by atoms with Crippen LogP contribution in [0.3, 0.4) is 0 Å². The summed E-state index contributed by atoms with van der Waals surface area (Å²) >= 11 is 0. The summed E-state index contributed by atoms with van der Waals surface area (Å²) in [5.41, 5.74) is 3.66. The number of aliphatic hydroxyl groups is 1. The molecule has 2 aliphatic rings. The molecule has 1 fully saturated rings. The Balaban J connectivity index is 1.64. The Labute approximate surface area is 199 Å². The summed E-state index contributed by atoms with van der Waals surface area (Å²) in [6, 6.07) is 18.5. The molecule has 0 unspecified atom stereocenters. The second kappa shape index (κ2) is 8.69. The van der Waals surface area contributed by atoms with Gasteiger partial charge in [0.05, 0.1) is 25.8 Å². The van der Waals surface area contributed by atoms with Crippen LogP contribution in [0.15, 0.2) is 71.6 Å². The van der Waals surface area contributed by atoms with Crippen molar-refractivity contribution < 1.29 is 22.7 Å². The molecule has 0 aliphatic carbocycles. The second-order valence-corrected chi connectivity index (χ2v) is 10.7.